The first-order valence-electron chi connectivity index (χ1n) is 10.1. The van der Waals surface area contributed by atoms with Crippen LogP contribution in [0.25, 0.3) is 11.1 Å². The van der Waals surface area contributed by atoms with Crippen LogP contribution >= 0.6 is 0 Å². The predicted octanol–water partition coefficient (Wildman–Crippen LogP) is 2.34. The van der Waals surface area contributed by atoms with Crippen LogP contribution in [0.2, 0.25) is 0 Å². The van der Waals surface area contributed by atoms with Gasteiger partial charge in [-0.15, -0.1) is 0 Å². The number of carbonyl (C=O) groups excluding carboxylic acids is 2. The number of benzene rings is 2. The number of rotatable bonds is 8. The summed E-state index contributed by atoms with van der Waals surface area (Å²) in [4.78, 5) is 23.8. The first kappa shape index (κ1) is 22.8. The van der Waals surface area contributed by atoms with Crippen LogP contribution in [0.5, 0.6) is 5.75 Å². The third-order valence-corrected chi connectivity index (χ3v) is 6.71. The highest BCUT2D eigenvalue weighted by molar-refractivity contribution is 7.90. The molecule has 2 aromatic carbocycles. The first-order chi connectivity index (χ1) is 14.8. The molecule has 166 valence electrons. The van der Waals surface area contributed by atoms with Gasteiger partial charge in [-0.1, -0.05) is 12.1 Å². The van der Waals surface area contributed by atoms with Gasteiger partial charge in [-0.05, 0) is 68.1 Å². The number of aldehydes is 1. The van der Waals surface area contributed by atoms with E-state index in [-0.39, 0.29) is 22.6 Å². The minimum absolute atomic E-state index is 0.0588. The van der Waals surface area contributed by atoms with Crippen molar-refractivity contribution in [2.45, 2.75) is 30.6 Å². The Morgan fingerprint density at radius 1 is 1.32 bits per heavy atom. The Balaban J connectivity index is 1.87. The number of nitrogens with one attached hydrogen (secondary N) is 2. The van der Waals surface area contributed by atoms with Gasteiger partial charge in [-0.2, -0.15) is 0 Å². The second-order valence-electron chi connectivity index (χ2n) is 7.62. The van der Waals surface area contributed by atoms with Crippen molar-refractivity contribution in [3.05, 3.63) is 42.0 Å². The lowest BCUT2D eigenvalue weighted by Crippen LogP contribution is -2.33. The van der Waals surface area contributed by atoms with Gasteiger partial charge in [0.1, 0.15) is 5.75 Å². The number of ether oxygens (including phenoxy) is 1. The molecule has 0 radical (unpaired) electrons. The Morgan fingerprint density at radius 2 is 2.13 bits per heavy atom. The van der Waals surface area contributed by atoms with Crippen LogP contribution in [0.3, 0.4) is 0 Å². The molecule has 1 fully saturated rings. The molecule has 0 saturated carbocycles. The van der Waals surface area contributed by atoms with Crippen molar-refractivity contribution in [1.82, 2.24) is 10.0 Å². The van der Waals surface area contributed by atoms with E-state index in [9.17, 15) is 18.0 Å². The van der Waals surface area contributed by atoms with E-state index in [0.717, 1.165) is 25.9 Å². The molecule has 1 unspecified atom stereocenters. The molecule has 0 aliphatic carbocycles. The zero-order valence-electron chi connectivity index (χ0n) is 17.4. The van der Waals surface area contributed by atoms with Crippen molar-refractivity contribution < 1.29 is 22.7 Å². The maximum atomic E-state index is 12.9. The highest BCUT2D eigenvalue weighted by Gasteiger charge is 2.23. The van der Waals surface area contributed by atoms with Crippen LogP contribution in [-0.2, 0) is 14.8 Å². The second kappa shape index (κ2) is 9.93. The van der Waals surface area contributed by atoms with E-state index in [1.165, 1.54) is 19.2 Å². The normalized spacial score (nSPS) is 16.5. The number of methoxy groups -OCH3 is 1. The van der Waals surface area contributed by atoms with Crippen molar-refractivity contribution in [2.75, 3.05) is 25.9 Å². The molecule has 8 nitrogen and oxygen atoms in total. The molecule has 1 aliphatic rings. The van der Waals surface area contributed by atoms with Gasteiger partial charge in [0.25, 0.3) is 10.0 Å². The number of sulfonamides is 1. The van der Waals surface area contributed by atoms with Crippen LogP contribution in [0, 0.1) is 5.92 Å². The third-order valence-electron chi connectivity index (χ3n) is 5.36. The van der Waals surface area contributed by atoms with Gasteiger partial charge in [0, 0.05) is 17.7 Å². The molecule has 3 rings (SSSR count). The summed E-state index contributed by atoms with van der Waals surface area (Å²) in [5, 5.41) is 3.28. The van der Waals surface area contributed by atoms with Gasteiger partial charge in [-0.3, -0.25) is 9.59 Å². The molecule has 1 saturated heterocycles. The quantitative estimate of drug-likeness (QED) is 0.420. The van der Waals surface area contributed by atoms with Gasteiger partial charge in [0.15, 0.2) is 6.29 Å². The summed E-state index contributed by atoms with van der Waals surface area (Å²) in [6.45, 7) is 1.81. The maximum Gasteiger partial charge on any atom is 0.264 e. The largest absolute Gasteiger partial charge is 0.495 e. The minimum atomic E-state index is -4.17. The molecule has 4 N–H and O–H groups in total. The molecule has 0 bridgehead atoms. The number of carbonyl (C=O) groups is 2. The van der Waals surface area contributed by atoms with Crippen LogP contribution < -0.4 is 20.5 Å². The number of anilines is 1. The van der Waals surface area contributed by atoms with Gasteiger partial charge < -0.3 is 15.8 Å². The summed E-state index contributed by atoms with van der Waals surface area (Å²) in [6.07, 6.45) is 3.33. The van der Waals surface area contributed by atoms with Crippen molar-refractivity contribution >= 4 is 27.9 Å². The number of piperidine rings is 1. The highest BCUT2D eigenvalue weighted by atomic mass is 32.2. The fourth-order valence-corrected chi connectivity index (χ4v) is 4.86. The Kier molecular flexibility index (Phi) is 7.29. The summed E-state index contributed by atoms with van der Waals surface area (Å²) in [5.41, 5.74) is 7.37. The minimum Gasteiger partial charge on any atom is -0.495 e. The number of nitrogens with two attached hydrogens (primary N) is 1. The molecule has 9 heteroatoms. The van der Waals surface area contributed by atoms with Gasteiger partial charge in [0.2, 0.25) is 5.91 Å². The summed E-state index contributed by atoms with van der Waals surface area (Å²) < 4.78 is 33.3. The van der Waals surface area contributed by atoms with Gasteiger partial charge in [0.05, 0.1) is 17.6 Å². The molecule has 1 amide bonds. The fourth-order valence-electron chi connectivity index (χ4n) is 3.78. The van der Waals surface area contributed by atoms with Crippen LogP contribution in [0.4, 0.5) is 5.69 Å². The lowest BCUT2D eigenvalue weighted by atomic mass is 9.95. The molecule has 1 atom stereocenters. The number of hydrogen-bond acceptors (Lipinski definition) is 7. The summed E-state index contributed by atoms with van der Waals surface area (Å²) in [7, 11) is -2.77. The van der Waals surface area contributed by atoms with Crippen LogP contribution in [-0.4, -0.2) is 40.8 Å². The fraction of sp³-hybridized carbons (Fsp3) is 0.364. The van der Waals surface area contributed by atoms with Crippen molar-refractivity contribution in [3.8, 4) is 16.9 Å². The predicted molar refractivity (Wildman–Crippen MR) is 118 cm³/mol. The van der Waals surface area contributed by atoms with E-state index in [1.807, 2.05) is 0 Å². The zero-order valence-corrected chi connectivity index (χ0v) is 18.2. The van der Waals surface area contributed by atoms with Crippen LogP contribution in [0.15, 0.2) is 41.3 Å². The number of amides is 1. The lowest BCUT2D eigenvalue weighted by Gasteiger charge is -2.22. The average Bonchev–Trinajstić information content (AvgIpc) is 2.77. The van der Waals surface area contributed by atoms with E-state index in [2.05, 4.69) is 10.0 Å². The van der Waals surface area contributed by atoms with E-state index < -0.39 is 15.9 Å². The SMILES string of the molecule is COc1c(C=O)cc(S(=O)(=O)NC(=O)CCC2CCCNC2)cc1-c1cccc(N)c1. The first-order valence-corrected chi connectivity index (χ1v) is 11.6. The Hall–Kier alpha value is -2.91. The molecule has 0 aromatic heterocycles. The summed E-state index contributed by atoms with van der Waals surface area (Å²) in [5.74, 6) is 0.0234. The smallest absolute Gasteiger partial charge is 0.264 e. The monoisotopic (exact) mass is 445 g/mol. The molecule has 1 heterocycles. The van der Waals surface area contributed by atoms with E-state index in [4.69, 9.17) is 10.5 Å². The average molecular weight is 446 g/mol. The van der Waals surface area contributed by atoms with Crippen molar-refractivity contribution in [2.24, 2.45) is 5.92 Å². The number of hydrogen-bond donors (Lipinski definition) is 3. The molecule has 2 aromatic rings. The molecular weight excluding hydrogens is 418 g/mol. The van der Waals surface area contributed by atoms with E-state index >= 15 is 0 Å². The van der Waals surface area contributed by atoms with Crippen molar-refractivity contribution in [1.29, 1.82) is 0 Å². The molecule has 0 spiro atoms. The Labute approximate surface area is 182 Å². The lowest BCUT2D eigenvalue weighted by molar-refractivity contribution is -0.119. The summed E-state index contributed by atoms with van der Waals surface area (Å²) >= 11 is 0. The molecule has 31 heavy (non-hydrogen) atoms. The molecule has 1 aliphatic heterocycles. The maximum absolute atomic E-state index is 12.9. The zero-order chi connectivity index (χ0) is 22.4. The van der Waals surface area contributed by atoms with Gasteiger partial charge in [-0.25, -0.2) is 13.1 Å². The number of nitrogen functional groups attached to an aromatic ring is 1. The standard InChI is InChI=1S/C22H27N3O5S/c1-30-22-17(14-26)11-19(12-20(22)16-5-2-6-18(23)10-16)31(28,29)25-21(27)8-7-15-4-3-9-24-13-15/h2,5-6,10-12,14-15,24H,3-4,7-9,13,23H2,1H3,(H,25,27). The topological polar surface area (TPSA) is 128 Å². The second-order valence-corrected chi connectivity index (χ2v) is 9.30. The Morgan fingerprint density at radius 3 is 2.77 bits per heavy atom. The van der Waals surface area contributed by atoms with Crippen LogP contribution in [0.1, 0.15) is 36.0 Å². The van der Waals surface area contributed by atoms with Gasteiger partial charge >= 0.3 is 0 Å². The van der Waals surface area contributed by atoms with E-state index in [0.29, 0.717) is 35.4 Å². The third kappa shape index (κ3) is 5.62. The highest BCUT2D eigenvalue weighted by Crippen LogP contribution is 2.36. The van der Waals surface area contributed by atoms with E-state index in [1.54, 1.807) is 24.3 Å². The van der Waals surface area contributed by atoms with Crippen molar-refractivity contribution in [3.63, 3.8) is 0 Å². The Bertz CT molecular complexity index is 1060. The summed E-state index contributed by atoms with van der Waals surface area (Å²) in [6, 6.07) is 9.37. The molecular formula is C22H27N3O5S.